The van der Waals surface area contributed by atoms with Crippen LogP contribution >= 0.6 is 11.3 Å². The summed E-state index contributed by atoms with van der Waals surface area (Å²) in [6, 6.07) is 0. The summed E-state index contributed by atoms with van der Waals surface area (Å²) in [5.41, 5.74) is 3.76. The molecule has 206 valence electrons. The molecule has 36 heavy (non-hydrogen) atoms. The summed E-state index contributed by atoms with van der Waals surface area (Å²) in [6.07, 6.45) is 7.95. The van der Waals surface area contributed by atoms with Crippen LogP contribution in [0, 0.1) is 24.7 Å². The molecular formula is C29H49NO4S2. The number of hydrogen-bond donors (Lipinski definition) is 1. The van der Waals surface area contributed by atoms with Crippen molar-refractivity contribution in [1.29, 1.82) is 0 Å². The Balaban J connectivity index is 2.54. The lowest BCUT2D eigenvalue weighted by Crippen LogP contribution is -2.49. The molecule has 0 saturated carbocycles. The Bertz CT molecular complexity index is 876. The molecule has 0 bridgehead atoms. The second kappa shape index (κ2) is 15.3. The van der Waals surface area contributed by atoms with Gasteiger partial charge in [-0.05, 0) is 96.3 Å². The minimum atomic E-state index is -1.29. The molecule has 6 unspecified atom stereocenters. The molecule has 1 N–H and O–H groups in total. The van der Waals surface area contributed by atoms with Crippen molar-refractivity contribution >= 4 is 34.6 Å². The predicted octanol–water partition coefficient (Wildman–Crippen LogP) is 7.11. The molecule has 0 fully saturated rings. The van der Waals surface area contributed by atoms with E-state index in [0.717, 1.165) is 36.4 Å². The minimum absolute atomic E-state index is 0.0501. The smallest absolute Gasteiger partial charge is 0.305 e. The number of aromatic nitrogens is 1. The first kappa shape index (κ1) is 32.9. The van der Waals surface area contributed by atoms with Gasteiger partial charge in [0.05, 0.1) is 24.2 Å². The van der Waals surface area contributed by atoms with Gasteiger partial charge < -0.3 is 14.4 Å². The van der Waals surface area contributed by atoms with E-state index >= 15 is 0 Å². The number of allylic oxidation sites excluding steroid dienone is 3. The molecule has 0 aliphatic rings. The third-order valence-corrected chi connectivity index (χ3v) is 10.8. The van der Waals surface area contributed by atoms with E-state index in [9.17, 15) is 14.5 Å². The molecule has 7 heteroatoms. The summed E-state index contributed by atoms with van der Waals surface area (Å²) in [5, 5.41) is 13.8. The first-order chi connectivity index (χ1) is 16.7. The lowest BCUT2D eigenvalue weighted by Gasteiger charge is -2.39. The van der Waals surface area contributed by atoms with E-state index in [0.29, 0.717) is 5.92 Å². The lowest BCUT2D eigenvalue weighted by atomic mass is 9.93. The molecule has 6 atom stereocenters. The van der Waals surface area contributed by atoms with Gasteiger partial charge in [0.1, 0.15) is 16.1 Å². The van der Waals surface area contributed by atoms with Gasteiger partial charge >= 0.3 is 5.97 Å². The van der Waals surface area contributed by atoms with E-state index < -0.39 is 22.0 Å². The zero-order valence-electron chi connectivity index (χ0n) is 24.1. The Morgan fingerprint density at radius 1 is 1.28 bits per heavy atom. The van der Waals surface area contributed by atoms with Crippen LogP contribution in [0.25, 0.3) is 6.08 Å². The normalized spacial score (nSPS) is 18.3. The molecule has 0 amide bonds. The van der Waals surface area contributed by atoms with Crippen LogP contribution in [0.3, 0.4) is 0 Å². The van der Waals surface area contributed by atoms with E-state index in [2.05, 4.69) is 43.3 Å². The van der Waals surface area contributed by atoms with Crippen LogP contribution in [-0.4, -0.2) is 43.8 Å². The molecular weight excluding hydrogens is 490 g/mol. The Labute approximate surface area is 227 Å². The quantitative estimate of drug-likeness (QED) is 0.146. The number of nitrogens with zero attached hydrogens (tertiary/aromatic N) is 1. The molecule has 0 aliphatic carbocycles. The number of aryl methyl sites for hydroxylation is 1. The van der Waals surface area contributed by atoms with Gasteiger partial charge in [0.2, 0.25) is 0 Å². The number of aliphatic hydroxyl groups is 1. The summed E-state index contributed by atoms with van der Waals surface area (Å²) < 4.78 is 17.5. The average molecular weight is 540 g/mol. The van der Waals surface area contributed by atoms with E-state index in [1.807, 2.05) is 41.5 Å². The highest BCUT2D eigenvalue weighted by atomic mass is 32.2. The van der Waals surface area contributed by atoms with Crippen molar-refractivity contribution < 1.29 is 19.2 Å². The van der Waals surface area contributed by atoms with Crippen LogP contribution < -0.4 is 0 Å². The van der Waals surface area contributed by atoms with Crippen molar-refractivity contribution in [2.24, 2.45) is 17.8 Å². The van der Waals surface area contributed by atoms with Gasteiger partial charge in [-0.15, -0.1) is 11.3 Å². The van der Waals surface area contributed by atoms with Crippen molar-refractivity contribution in [3.05, 3.63) is 33.3 Å². The SMILES string of the molecule is COC(=O)CC(C)C(C)(C)[S+]([O-])C(C)C(O)C(C)CCC/C(C)=C\CC(C)/C(C)=C/c1csc(C)n1. The molecule has 0 saturated heterocycles. The third kappa shape index (κ3) is 10.3. The molecule has 1 aromatic rings. The van der Waals surface area contributed by atoms with Gasteiger partial charge in [-0.1, -0.05) is 38.0 Å². The van der Waals surface area contributed by atoms with E-state index in [1.54, 1.807) is 11.3 Å². The fourth-order valence-corrected chi connectivity index (χ4v) is 6.74. The number of carbonyl (C=O) groups excluding carboxylic acids is 1. The first-order valence-electron chi connectivity index (χ1n) is 13.1. The van der Waals surface area contributed by atoms with Crippen LogP contribution in [0.4, 0.5) is 0 Å². The Hall–Kier alpha value is -1.15. The Morgan fingerprint density at radius 2 is 1.92 bits per heavy atom. The molecule has 1 rings (SSSR count). The number of carbonyl (C=O) groups is 1. The highest BCUT2D eigenvalue weighted by Crippen LogP contribution is 2.34. The standard InChI is InChI=1S/C29H49NO4S2/c1-19(14-15-20(2)22(4)16-26-18-35-25(7)30-26)12-11-13-21(3)28(32)24(6)36(33)29(8,9)23(5)17-27(31)34-10/h14,16,18,20-21,23-24,28,32H,11-13,15,17H2,1-10H3/b19-14-,22-16+. The highest BCUT2D eigenvalue weighted by Gasteiger charge is 2.44. The lowest BCUT2D eigenvalue weighted by molar-refractivity contribution is -0.141. The first-order valence-corrected chi connectivity index (χ1v) is 15.2. The summed E-state index contributed by atoms with van der Waals surface area (Å²) in [7, 11) is 1.37. The number of hydrogen-bond acceptors (Lipinski definition) is 6. The summed E-state index contributed by atoms with van der Waals surface area (Å²) in [4.78, 5) is 16.2. The second-order valence-electron chi connectivity index (χ2n) is 11.0. The number of methoxy groups -OCH3 is 1. The van der Waals surface area contributed by atoms with Crippen molar-refractivity contribution in [2.75, 3.05) is 7.11 Å². The van der Waals surface area contributed by atoms with Crippen molar-refractivity contribution in [3.8, 4) is 0 Å². The Morgan fingerprint density at radius 3 is 2.47 bits per heavy atom. The molecule has 5 nitrogen and oxygen atoms in total. The van der Waals surface area contributed by atoms with Crippen molar-refractivity contribution in [1.82, 2.24) is 4.98 Å². The molecule has 0 aromatic carbocycles. The number of aliphatic hydroxyl groups excluding tert-OH is 1. The van der Waals surface area contributed by atoms with Crippen molar-refractivity contribution in [2.45, 2.75) is 111 Å². The van der Waals surface area contributed by atoms with Gasteiger partial charge in [0.25, 0.3) is 0 Å². The molecule has 1 aromatic heterocycles. The number of rotatable bonds is 15. The minimum Gasteiger partial charge on any atom is -0.616 e. The van der Waals surface area contributed by atoms with Crippen LogP contribution in [0.5, 0.6) is 0 Å². The van der Waals surface area contributed by atoms with Crippen molar-refractivity contribution in [3.63, 3.8) is 0 Å². The van der Waals surface area contributed by atoms with Gasteiger partial charge in [-0.25, -0.2) is 4.98 Å². The van der Waals surface area contributed by atoms with Crippen LogP contribution in [0.15, 0.2) is 22.6 Å². The fourth-order valence-electron chi connectivity index (χ4n) is 4.21. The zero-order valence-corrected chi connectivity index (χ0v) is 25.7. The molecule has 0 aliphatic heterocycles. The topological polar surface area (TPSA) is 82.5 Å². The Kier molecular flexibility index (Phi) is 14.0. The third-order valence-electron chi connectivity index (χ3n) is 7.65. The summed E-state index contributed by atoms with van der Waals surface area (Å²) in [6.45, 7) is 18.3. The summed E-state index contributed by atoms with van der Waals surface area (Å²) >= 11 is 0.385. The number of esters is 1. The maximum atomic E-state index is 13.3. The van der Waals surface area contributed by atoms with Crippen LogP contribution in [0.2, 0.25) is 0 Å². The molecule has 1 heterocycles. The number of ether oxygens (including phenoxy) is 1. The van der Waals surface area contributed by atoms with E-state index in [1.165, 1.54) is 18.3 Å². The number of thiazole rings is 1. The maximum absolute atomic E-state index is 13.3. The largest absolute Gasteiger partial charge is 0.616 e. The van der Waals surface area contributed by atoms with Gasteiger partial charge in [0, 0.05) is 11.3 Å². The van der Waals surface area contributed by atoms with Gasteiger partial charge in [-0.3, -0.25) is 4.79 Å². The van der Waals surface area contributed by atoms with Gasteiger partial charge in [0.15, 0.2) is 0 Å². The highest BCUT2D eigenvalue weighted by molar-refractivity contribution is 7.93. The monoisotopic (exact) mass is 539 g/mol. The zero-order chi connectivity index (χ0) is 27.6. The maximum Gasteiger partial charge on any atom is 0.305 e. The molecule has 0 radical (unpaired) electrons. The van der Waals surface area contributed by atoms with E-state index in [4.69, 9.17) is 4.74 Å². The predicted molar refractivity (Wildman–Crippen MR) is 155 cm³/mol. The second-order valence-corrected chi connectivity index (χ2v) is 14.5. The average Bonchev–Trinajstić information content (AvgIpc) is 3.24. The van der Waals surface area contributed by atoms with Gasteiger partial charge in [-0.2, -0.15) is 0 Å². The summed E-state index contributed by atoms with van der Waals surface area (Å²) in [5.74, 6) is 0.0975. The molecule has 0 spiro atoms. The van der Waals surface area contributed by atoms with Crippen LogP contribution in [0.1, 0.15) is 98.2 Å². The van der Waals surface area contributed by atoms with E-state index in [-0.39, 0.29) is 29.5 Å². The van der Waals surface area contributed by atoms with Crippen LogP contribution in [-0.2, 0) is 20.7 Å². The fraction of sp³-hybridized carbons (Fsp3) is 0.724.